The van der Waals surface area contributed by atoms with Crippen LogP contribution < -0.4 is 4.90 Å². The molecule has 2 rings (SSSR count). The Morgan fingerprint density at radius 3 is 2.76 bits per heavy atom. The molecule has 0 N–H and O–H groups in total. The number of carbonyl (C=O) groups excluding carboxylic acids is 1. The van der Waals surface area contributed by atoms with E-state index in [-0.39, 0.29) is 0 Å². The Morgan fingerprint density at radius 1 is 1.47 bits per heavy atom. The van der Waals surface area contributed by atoms with Gasteiger partial charge in [0, 0.05) is 25.4 Å². The highest BCUT2D eigenvalue weighted by Gasteiger charge is 2.18. The fourth-order valence-corrected chi connectivity index (χ4v) is 2.72. The molecule has 0 saturated heterocycles. The molecule has 1 saturated carbocycles. The summed E-state index contributed by atoms with van der Waals surface area (Å²) in [5.41, 5.74) is 1.73. The van der Waals surface area contributed by atoms with Crippen molar-refractivity contribution in [1.82, 2.24) is 4.98 Å². The minimum atomic E-state index is 0.653. The predicted molar refractivity (Wildman–Crippen MR) is 69.6 cm³/mol. The van der Waals surface area contributed by atoms with E-state index in [0.717, 1.165) is 30.1 Å². The Kier molecular flexibility index (Phi) is 3.77. The Labute approximate surface area is 103 Å². The lowest BCUT2D eigenvalue weighted by Gasteiger charge is -2.23. The van der Waals surface area contributed by atoms with Crippen LogP contribution in [0.4, 0.5) is 5.82 Å². The minimum absolute atomic E-state index is 0.653. The second kappa shape index (κ2) is 5.30. The molecule has 1 fully saturated rings. The molecule has 0 bridgehead atoms. The fourth-order valence-electron chi connectivity index (χ4n) is 2.72. The van der Waals surface area contributed by atoms with E-state index in [0.29, 0.717) is 5.56 Å². The third-order valence-electron chi connectivity index (χ3n) is 3.58. The topological polar surface area (TPSA) is 33.2 Å². The molecule has 0 spiro atoms. The number of hydrogen-bond donors (Lipinski definition) is 0. The van der Waals surface area contributed by atoms with Crippen molar-refractivity contribution in [2.45, 2.75) is 32.6 Å². The van der Waals surface area contributed by atoms with Crippen LogP contribution >= 0.6 is 0 Å². The maximum Gasteiger partial charge on any atom is 0.151 e. The van der Waals surface area contributed by atoms with E-state index < -0.39 is 0 Å². The van der Waals surface area contributed by atoms with Gasteiger partial charge in [-0.1, -0.05) is 12.8 Å². The number of aldehydes is 1. The second-order valence-electron chi connectivity index (χ2n) is 5.06. The van der Waals surface area contributed by atoms with Gasteiger partial charge in [-0.2, -0.15) is 0 Å². The Hall–Kier alpha value is -1.38. The van der Waals surface area contributed by atoms with Gasteiger partial charge >= 0.3 is 0 Å². The van der Waals surface area contributed by atoms with E-state index >= 15 is 0 Å². The van der Waals surface area contributed by atoms with Crippen molar-refractivity contribution in [3.05, 3.63) is 23.4 Å². The summed E-state index contributed by atoms with van der Waals surface area (Å²) in [6.45, 7) is 3.09. The van der Waals surface area contributed by atoms with E-state index in [2.05, 4.69) is 16.9 Å². The van der Waals surface area contributed by atoms with Crippen LogP contribution in [0, 0.1) is 12.8 Å². The van der Waals surface area contributed by atoms with Crippen LogP contribution in [0.15, 0.2) is 12.3 Å². The largest absolute Gasteiger partial charge is 0.359 e. The van der Waals surface area contributed by atoms with Gasteiger partial charge in [-0.05, 0) is 37.3 Å². The number of anilines is 1. The van der Waals surface area contributed by atoms with E-state index in [4.69, 9.17) is 0 Å². The van der Waals surface area contributed by atoms with E-state index in [1.165, 1.54) is 25.7 Å². The Bertz CT molecular complexity index is 397. The molecule has 0 radical (unpaired) electrons. The van der Waals surface area contributed by atoms with Crippen LogP contribution in [-0.4, -0.2) is 24.9 Å². The van der Waals surface area contributed by atoms with Crippen LogP contribution in [0.5, 0.6) is 0 Å². The summed E-state index contributed by atoms with van der Waals surface area (Å²) in [5.74, 6) is 1.81. The zero-order chi connectivity index (χ0) is 12.3. The van der Waals surface area contributed by atoms with Gasteiger partial charge in [-0.25, -0.2) is 4.98 Å². The van der Waals surface area contributed by atoms with Crippen LogP contribution in [0.25, 0.3) is 0 Å². The first-order valence-corrected chi connectivity index (χ1v) is 6.33. The van der Waals surface area contributed by atoms with Gasteiger partial charge in [0.2, 0.25) is 0 Å². The predicted octanol–water partition coefficient (Wildman–Crippen LogP) is 2.83. The number of aromatic nitrogens is 1. The molecule has 92 valence electrons. The van der Waals surface area contributed by atoms with Crippen molar-refractivity contribution in [1.29, 1.82) is 0 Å². The van der Waals surface area contributed by atoms with Gasteiger partial charge in [0.1, 0.15) is 5.82 Å². The first-order chi connectivity index (χ1) is 8.20. The molecule has 0 aliphatic heterocycles. The third-order valence-corrected chi connectivity index (χ3v) is 3.58. The van der Waals surface area contributed by atoms with Gasteiger partial charge < -0.3 is 4.90 Å². The standard InChI is InChI=1S/C14H20N2O/c1-11-7-13(10-17)8-15-14(11)16(2)9-12-5-3-4-6-12/h7-8,10,12H,3-6,9H2,1-2H3. The molecule has 1 aliphatic carbocycles. The number of hydrogen-bond acceptors (Lipinski definition) is 3. The van der Waals surface area contributed by atoms with Gasteiger partial charge in [-0.15, -0.1) is 0 Å². The molecular formula is C14H20N2O. The molecule has 3 nitrogen and oxygen atoms in total. The van der Waals surface area contributed by atoms with E-state index in [1.807, 2.05) is 13.0 Å². The quantitative estimate of drug-likeness (QED) is 0.748. The Balaban J connectivity index is 2.07. The number of aryl methyl sites for hydroxylation is 1. The molecule has 0 aromatic carbocycles. The van der Waals surface area contributed by atoms with Crippen molar-refractivity contribution in [3.8, 4) is 0 Å². The Morgan fingerprint density at radius 2 is 2.18 bits per heavy atom. The smallest absolute Gasteiger partial charge is 0.151 e. The number of nitrogens with zero attached hydrogens (tertiary/aromatic N) is 2. The van der Waals surface area contributed by atoms with Crippen LogP contribution in [0.3, 0.4) is 0 Å². The molecule has 1 heterocycles. The van der Waals surface area contributed by atoms with Crippen LogP contribution in [0.1, 0.15) is 41.6 Å². The molecule has 1 aliphatic rings. The summed E-state index contributed by atoms with van der Waals surface area (Å²) in [7, 11) is 2.09. The summed E-state index contributed by atoms with van der Waals surface area (Å²) in [6, 6.07) is 1.90. The van der Waals surface area contributed by atoms with Gasteiger partial charge in [0.25, 0.3) is 0 Å². The van der Waals surface area contributed by atoms with Crippen molar-refractivity contribution in [2.24, 2.45) is 5.92 Å². The van der Waals surface area contributed by atoms with Gasteiger partial charge in [0.15, 0.2) is 6.29 Å². The number of carbonyl (C=O) groups is 1. The average Bonchev–Trinajstić information content (AvgIpc) is 2.81. The van der Waals surface area contributed by atoms with Crippen LogP contribution in [-0.2, 0) is 0 Å². The summed E-state index contributed by atoms with van der Waals surface area (Å²) in [4.78, 5) is 17.3. The third kappa shape index (κ3) is 2.84. The first kappa shape index (κ1) is 12.1. The second-order valence-corrected chi connectivity index (χ2v) is 5.06. The lowest BCUT2D eigenvalue weighted by atomic mass is 10.1. The van der Waals surface area contributed by atoms with Gasteiger partial charge in [0.05, 0.1) is 0 Å². The maximum absolute atomic E-state index is 10.7. The normalized spacial score (nSPS) is 16.1. The average molecular weight is 232 g/mol. The summed E-state index contributed by atoms with van der Waals surface area (Å²) < 4.78 is 0. The highest BCUT2D eigenvalue weighted by atomic mass is 16.1. The lowest BCUT2D eigenvalue weighted by molar-refractivity contribution is 0.112. The van der Waals surface area contributed by atoms with Crippen molar-refractivity contribution < 1.29 is 4.79 Å². The fraction of sp³-hybridized carbons (Fsp3) is 0.571. The highest BCUT2D eigenvalue weighted by Crippen LogP contribution is 2.27. The number of rotatable bonds is 4. The molecule has 0 amide bonds. The monoisotopic (exact) mass is 232 g/mol. The molecule has 1 aromatic heterocycles. The SMILES string of the molecule is Cc1cc(C=O)cnc1N(C)CC1CCCC1. The molecule has 0 unspecified atom stereocenters. The molecule has 1 aromatic rings. The van der Waals surface area contributed by atoms with Crippen molar-refractivity contribution in [3.63, 3.8) is 0 Å². The molecule has 0 atom stereocenters. The van der Waals surface area contributed by atoms with E-state index in [1.54, 1.807) is 6.20 Å². The van der Waals surface area contributed by atoms with E-state index in [9.17, 15) is 4.79 Å². The summed E-state index contributed by atoms with van der Waals surface area (Å²) in [5, 5.41) is 0. The van der Waals surface area contributed by atoms with Gasteiger partial charge in [-0.3, -0.25) is 4.79 Å². The maximum atomic E-state index is 10.7. The number of pyridine rings is 1. The van der Waals surface area contributed by atoms with Crippen LogP contribution in [0.2, 0.25) is 0 Å². The molecule has 17 heavy (non-hydrogen) atoms. The molecule has 3 heteroatoms. The zero-order valence-electron chi connectivity index (χ0n) is 10.6. The minimum Gasteiger partial charge on any atom is -0.359 e. The molecular weight excluding hydrogens is 212 g/mol. The van der Waals surface area contributed by atoms with Crippen molar-refractivity contribution in [2.75, 3.05) is 18.5 Å². The van der Waals surface area contributed by atoms with Crippen molar-refractivity contribution >= 4 is 12.1 Å². The lowest BCUT2D eigenvalue weighted by Crippen LogP contribution is -2.25. The summed E-state index contributed by atoms with van der Waals surface area (Å²) in [6.07, 6.45) is 7.93. The summed E-state index contributed by atoms with van der Waals surface area (Å²) >= 11 is 0. The zero-order valence-corrected chi connectivity index (χ0v) is 10.6. The highest BCUT2D eigenvalue weighted by molar-refractivity contribution is 5.75. The first-order valence-electron chi connectivity index (χ1n) is 6.33.